The molecule has 108 valence electrons. The lowest BCUT2D eigenvalue weighted by molar-refractivity contribution is 0.0527. The molecule has 0 aliphatic rings. The minimum absolute atomic E-state index is 0.184. The summed E-state index contributed by atoms with van der Waals surface area (Å²) in [7, 11) is 2.41. The first-order valence-corrected chi connectivity index (χ1v) is 7.48. The molecule has 3 aromatic heterocycles. The molecule has 8 heteroatoms. The quantitative estimate of drug-likeness (QED) is 0.689. The Morgan fingerprint density at radius 3 is 2.62 bits per heavy atom. The van der Waals surface area contributed by atoms with E-state index in [9.17, 15) is 9.59 Å². The van der Waals surface area contributed by atoms with Gasteiger partial charge in [-0.15, -0.1) is 22.7 Å². The third-order valence-corrected chi connectivity index (χ3v) is 4.81. The van der Waals surface area contributed by atoms with Gasteiger partial charge >= 0.3 is 11.9 Å². The number of carbonyl (C=O) groups excluding carboxylic acids is 2. The number of aromatic nitrogens is 1. The fraction of sp³-hybridized carbons (Fsp3) is 0.154. The van der Waals surface area contributed by atoms with Crippen molar-refractivity contribution in [2.24, 2.45) is 0 Å². The number of rotatable bonds is 3. The Hall–Kier alpha value is -2.19. The third-order valence-electron chi connectivity index (χ3n) is 2.73. The molecule has 0 atom stereocenters. The number of hydrogen-bond acceptors (Lipinski definition) is 8. The van der Waals surface area contributed by atoms with Crippen molar-refractivity contribution in [3.63, 3.8) is 0 Å². The van der Waals surface area contributed by atoms with Crippen LogP contribution in [0.5, 0.6) is 0 Å². The molecular weight excluding hydrogens is 314 g/mol. The Morgan fingerprint density at radius 1 is 1.19 bits per heavy atom. The van der Waals surface area contributed by atoms with Crippen molar-refractivity contribution in [2.75, 3.05) is 14.2 Å². The summed E-state index contributed by atoms with van der Waals surface area (Å²) in [4.78, 5) is 28.1. The molecule has 0 fully saturated rings. The lowest BCUT2D eigenvalue weighted by Gasteiger charge is -1.96. The summed E-state index contributed by atoms with van der Waals surface area (Å²) in [6.45, 7) is 0. The fourth-order valence-corrected chi connectivity index (χ4v) is 3.80. The number of esters is 2. The molecule has 0 bridgehead atoms. The summed E-state index contributed by atoms with van der Waals surface area (Å²) in [6.07, 6.45) is 0. The summed E-state index contributed by atoms with van der Waals surface area (Å²) < 4.78 is 16.8. The highest BCUT2D eigenvalue weighted by Gasteiger charge is 2.28. The van der Waals surface area contributed by atoms with Crippen LogP contribution in [0.1, 0.15) is 21.0 Å². The Kier molecular flexibility index (Phi) is 3.48. The molecule has 0 saturated heterocycles. The predicted molar refractivity (Wildman–Crippen MR) is 77.9 cm³/mol. The van der Waals surface area contributed by atoms with E-state index < -0.39 is 11.9 Å². The zero-order valence-electron chi connectivity index (χ0n) is 11.0. The second-order valence-corrected chi connectivity index (χ2v) is 5.97. The molecule has 0 saturated carbocycles. The number of thiophene rings is 2. The predicted octanol–water partition coefficient (Wildman–Crippen LogP) is 3.19. The molecule has 0 spiro atoms. The van der Waals surface area contributed by atoms with Gasteiger partial charge < -0.3 is 13.9 Å². The second kappa shape index (κ2) is 5.30. The van der Waals surface area contributed by atoms with Crippen molar-refractivity contribution < 1.29 is 23.5 Å². The number of nitrogens with zero attached hydrogens (tertiary/aromatic N) is 1. The van der Waals surface area contributed by atoms with Crippen LogP contribution >= 0.6 is 22.7 Å². The number of ether oxygens (including phenoxy) is 2. The van der Waals surface area contributed by atoms with Gasteiger partial charge in [-0.3, -0.25) is 0 Å². The zero-order chi connectivity index (χ0) is 15.0. The maximum atomic E-state index is 11.7. The minimum atomic E-state index is -0.771. The summed E-state index contributed by atoms with van der Waals surface area (Å²) >= 11 is 3.06. The SMILES string of the molecule is COC(=O)c1nc(-c2cc3sccc3s2)oc1C(=O)OC. The van der Waals surface area contributed by atoms with Crippen LogP contribution in [-0.2, 0) is 9.47 Å². The van der Waals surface area contributed by atoms with E-state index in [0.717, 1.165) is 14.3 Å². The molecule has 0 aliphatic heterocycles. The molecule has 0 amide bonds. The molecule has 21 heavy (non-hydrogen) atoms. The van der Waals surface area contributed by atoms with Crippen molar-refractivity contribution in [3.05, 3.63) is 29.0 Å². The maximum Gasteiger partial charge on any atom is 0.376 e. The highest BCUT2D eigenvalue weighted by Crippen LogP contribution is 2.36. The molecular formula is C13H9NO5S2. The van der Waals surface area contributed by atoms with Gasteiger partial charge in [0.2, 0.25) is 17.3 Å². The van der Waals surface area contributed by atoms with Gasteiger partial charge in [0.1, 0.15) is 0 Å². The summed E-state index contributed by atoms with van der Waals surface area (Å²) in [5, 5.41) is 1.99. The van der Waals surface area contributed by atoms with E-state index in [2.05, 4.69) is 14.5 Å². The number of methoxy groups -OCH3 is 2. The third kappa shape index (κ3) is 2.32. The summed E-state index contributed by atoms with van der Waals surface area (Å²) in [5.74, 6) is -1.57. The number of fused-ring (bicyclic) bond motifs is 1. The van der Waals surface area contributed by atoms with Crippen LogP contribution < -0.4 is 0 Å². The molecule has 0 radical (unpaired) electrons. The van der Waals surface area contributed by atoms with Gasteiger partial charge in [0, 0.05) is 9.40 Å². The van der Waals surface area contributed by atoms with Crippen LogP contribution in [0.25, 0.3) is 20.2 Å². The van der Waals surface area contributed by atoms with Crippen molar-refractivity contribution in [3.8, 4) is 10.8 Å². The van der Waals surface area contributed by atoms with Crippen LogP contribution in [-0.4, -0.2) is 31.1 Å². The van der Waals surface area contributed by atoms with Gasteiger partial charge in [-0.1, -0.05) is 0 Å². The van der Waals surface area contributed by atoms with Gasteiger partial charge in [-0.2, -0.15) is 0 Å². The maximum absolute atomic E-state index is 11.7. The highest BCUT2D eigenvalue weighted by molar-refractivity contribution is 7.28. The summed E-state index contributed by atoms with van der Waals surface area (Å²) in [6, 6.07) is 3.89. The van der Waals surface area contributed by atoms with Crippen molar-refractivity contribution in [1.82, 2.24) is 4.98 Å². The van der Waals surface area contributed by atoms with Crippen LogP contribution in [0, 0.1) is 0 Å². The van der Waals surface area contributed by atoms with Crippen LogP contribution in [0.2, 0.25) is 0 Å². The zero-order valence-corrected chi connectivity index (χ0v) is 12.7. The van der Waals surface area contributed by atoms with E-state index in [1.54, 1.807) is 11.3 Å². The topological polar surface area (TPSA) is 78.6 Å². The van der Waals surface area contributed by atoms with Crippen LogP contribution in [0.3, 0.4) is 0 Å². The van der Waals surface area contributed by atoms with E-state index >= 15 is 0 Å². The molecule has 0 unspecified atom stereocenters. The van der Waals surface area contributed by atoms with Crippen molar-refractivity contribution in [1.29, 1.82) is 0 Å². The summed E-state index contributed by atoms with van der Waals surface area (Å²) in [5.41, 5.74) is -0.184. The van der Waals surface area contributed by atoms with Gasteiger partial charge in [0.15, 0.2) is 0 Å². The molecule has 3 rings (SSSR count). The second-order valence-electron chi connectivity index (χ2n) is 3.94. The standard InChI is InChI=1S/C13H9NO5S2/c1-17-12(15)9-10(13(16)18-2)19-11(14-9)8-5-7-6(21-8)3-4-20-7/h3-5H,1-2H3. The van der Waals surface area contributed by atoms with Crippen LogP contribution in [0.4, 0.5) is 0 Å². The molecule has 0 aliphatic carbocycles. The molecule has 3 aromatic rings. The minimum Gasteiger partial charge on any atom is -0.464 e. The number of hydrogen-bond donors (Lipinski definition) is 0. The van der Waals surface area contributed by atoms with Crippen LogP contribution in [0.15, 0.2) is 21.9 Å². The Balaban J connectivity index is 2.10. The molecule has 3 heterocycles. The first-order valence-electron chi connectivity index (χ1n) is 5.79. The Bertz CT molecular complexity index is 767. The van der Waals surface area contributed by atoms with Crippen molar-refractivity contribution >= 4 is 44.0 Å². The first kappa shape index (κ1) is 13.8. The largest absolute Gasteiger partial charge is 0.464 e. The van der Waals surface area contributed by atoms with Crippen molar-refractivity contribution in [2.45, 2.75) is 0 Å². The van der Waals surface area contributed by atoms with Gasteiger partial charge in [-0.25, -0.2) is 14.6 Å². The smallest absolute Gasteiger partial charge is 0.376 e. The van der Waals surface area contributed by atoms with E-state index in [0.29, 0.717) is 0 Å². The van der Waals surface area contributed by atoms with Gasteiger partial charge in [-0.05, 0) is 17.5 Å². The lowest BCUT2D eigenvalue weighted by atomic mass is 10.3. The molecule has 6 nitrogen and oxygen atoms in total. The van der Waals surface area contributed by atoms with E-state index in [-0.39, 0.29) is 17.3 Å². The normalized spacial score (nSPS) is 10.8. The van der Waals surface area contributed by atoms with E-state index in [4.69, 9.17) is 4.42 Å². The number of carbonyl (C=O) groups is 2. The average Bonchev–Trinajstić information content (AvgIpc) is 3.17. The Labute approximate surface area is 126 Å². The van der Waals surface area contributed by atoms with E-state index in [1.165, 1.54) is 25.6 Å². The lowest BCUT2D eigenvalue weighted by Crippen LogP contribution is -2.10. The Morgan fingerprint density at radius 2 is 1.95 bits per heavy atom. The van der Waals surface area contributed by atoms with Gasteiger partial charge in [0.05, 0.1) is 19.1 Å². The fourth-order valence-electron chi connectivity index (χ4n) is 1.76. The monoisotopic (exact) mass is 323 g/mol. The first-order chi connectivity index (χ1) is 10.1. The number of oxazole rings is 1. The van der Waals surface area contributed by atoms with E-state index in [1.807, 2.05) is 17.5 Å². The highest BCUT2D eigenvalue weighted by atomic mass is 32.1. The average molecular weight is 323 g/mol. The molecule has 0 N–H and O–H groups in total. The molecule has 0 aromatic carbocycles. The van der Waals surface area contributed by atoms with Gasteiger partial charge in [0.25, 0.3) is 0 Å².